The molecule has 0 spiro atoms. The summed E-state index contributed by atoms with van der Waals surface area (Å²) in [7, 11) is 0. The van der Waals surface area contributed by atoms with Crippen molar-refractivity contribution in [3.8, 4) is 11.1 Å². The van der Waals surface area contributed by atoms with E-state index in [1.54, 1.807) is 0 Å². The van der Waals surface area contributed by atoms with Crippen molar-refractivity contribution in [2.75, 3.05) is 13.2 Å². The Balaban J connectivity index is 1.67. The van der Waals surface area contributed by atoms with Crippen molar-refractivity contribution >= 4 is 18.0 Å². The highest BCUT2D eigenvalue weighted by atomic mass is 16.6. The topological polar surface area (TPSA) is 102 Å². The molecule has 7 heteroatoms. The number of rotatable bonds is 6. The van der Waals surface area contributed by atoms with E-state index in [0.717, 1.165) is 29.2 Å². The van der Waals surface area contributed by atoms with E-state index in [0.29, 0.717) is 0 Å². The molecule has 2 aromatic rings. The van der Waals surface area contributed by atoms with Crippen molar-refractivity contribution < 1.29 is 29.0 Å². The number of amides is 1. The molecule has 0 saturated heterocycles. The van der Waals surface area contributed by atoms with Gasteiger partial charge in [-0.15, -0.1) is 0 Å². The average Bonchev–Trinajstić information content (AvgIpc) is 2.97. The highest BCUT2D eigenvalue weighted by molar-refractivity contribution is 5.81. The van der Waals surface area contributed by atoms with Crippen LogP contribution in [-0.4, -0.2) is 42.4 Å². The van der Waals surface area contributed by atoms with Gasteiger partial charge < -0.3 is 19.9 Å². The Morgan fingerprint density at radius 1 is 1.00 bits per heavy atom. The number of carboxylic acid groups (broad SMARTS) is 1. The van der Waals surface area contributed by atoms with Gasteiger partial charge in [0.25, 0.3) is 0 Å². The first-order chi connectivity index (χ1) is 13.0. The fourth-order valence-corrected chi connectivity index (χ4v) is 3.16. The first-order valence-electron chi connectivity index (χ1n) is 8.45. The van der Waals surface area contributed by atoms with E-state index in [1.807, 2.05) is 48.5 Å². The van der Waals surface area contributed by atoms with Crippen LogP contribution in [0, 0.1) is 0 Å². The molecular formula is C20H19NO6. The number of alkyl carbamates (subject to hydrolysis) is 1. The second kappa shape index (κ2) is 7.90. The van der Waals surface area contributed by atoms with Gasteiger partial charge in [0.1, 0.15) is 13.2 Å². The van der Waals surface area contributed by atoms with E-state index in [9.17, 15) is 14.4 Å². The predicted octanol–water partition coefficient (Wildman–Crippen LogP) is 2.54. The summed E-state index contributed by atoms with van der Waals surface area (Å²) in [5.74, 6) is -2.07. The standard InChI is InChI=1S/C20H19NO6/c1-12(22)26-11-18(19(23)24)21-20(25)27-10-17-15-8-4-2-6-13(15)14-7-3-5-9-16(14)17/h2-9,17-18H,10-11H2,1H3,(H,21,25)(H,23,24). The number of hydrogen-bond acceptors (Lipinski definition) is 5. The third-order valence-corrected chi connectivity index (χ3v) is 4.39. The third kappa shape index (κ3) is 4.08. The zero-order valence-electron chi connectivity index (χ0n) is 14.7. The Labute approximate surface area is 155 Å². The van der Waals surface area contributed by atoms with Gasteiger partial charge in [0.05, 0.1) is 0 Å². The lowest BCUT2D eigenvalue weighted by Crippen LogP contribution is -2.44. The molecule has 0 aliphatic heterocycles. The van der Waals surface area contributed by atoms with Gasteiger partial charge in [0.2, 0.25) is 0 Å². The summed E-state index contributed by atoms with van der Waals surface area (Å²) in [6.45, 7) is 0.765. The molecular weight excluding hydrogens is 350 g/mol. The Morgan fingerprint density at radius 2 is 1.56 bits per heavy atom. The number of aliphatic carboxylic acids is 1. The van der Waals surface area contributed by atoms with Gasteiger partial charge in [0.15, 0.2) is 6.04 Å². The van der Waals surface area contributed by atoms with Crippen LogP contribution in [0.15, 0.2) is 48.5 Å². The van der Waals surface area contributed by atoms with Crippen LogP contribution < -0.4 is 5.32 Å². The number of carbonyl (C=O) groups excluding carboxylic acids is 2. The van der Waals surface area contributed by atoms with Gasteiger partial charge in [-0.2, -0.15) is 0 Å². The largest absolute Gasteiger partial charge is 0.480 e. The third-order valence-electron chi connectivity index (χ3n) is 4.39. The fraction of sp³-hybridized carbons (Fsp3) is 0.250. The SMILES string of the molecule is CC(=O)OCC(NC(=O)OCC1c2ccccc2-c2ccccc21)C(=O)O. The van der Waals surface area contributed by atoms with Crippen LogP contribution in [-0.2, 0) is 19.1 Å². The Morgan fingerprint density at radius 3 is 2.07 bits per heavy atom. The van der Waals surface area contributed by atoms with Gasteiger partial charge in [0, 0.05) is 12.8 Å². The normalized spacial score (nSPS) is 13.2. The molecule has 7 nitrogen and oxygen atoms in total. The molecule has 0 heterocycles. The number of ether oxygens (including phenoxy) is 2. The quantitative estimate of drug-likeness (QED) is 0.759. The van der Waals surface area contributed by atoms with Gasteiger partial charge in [-0.25, -0.2) is 9.59 Å². The smallest absolute Gasteiger partial charge is 0.407 e. The van der Waals surface area contributed by atoms with Crippen LogP contribution in [0.5, 0.6) is 0 Å². The van der Waals surface area contributed by atoms with E-state index in [1.165, 1.54) is 0 Å². The molecule has 2 N–H and O–H groups in total. The molecule has 1 unspecified atom stereocenters. The Bertz CT molecular complexity index is 833. The number of nitrogens with one attached hydrogen (secondary N) is 1. The van der Waals surface area contributed by atoms with Crippen molar-refractivity contribution in [1.82, 2.24) is 5.32 Å². The Kier molecular flexibility index (Phi) is 5.40. The van der Waals surface area contributed by atoms with Crippen LogP contribution in [0.4, 0.5) is 4.79 Å². The zero-order valence-corrected chi connectivity index (χ0v) is 14.7. The Hall–Kier alpha value is -3.35. The second-order valence-corrected chi connectivity index (χ2v) is 6.16. The molecule has 27 heavy (non-hydrogen) atoms. The van der Waals surface area contributed by atoms with Crippen LogP contribution >= 0.6 is 0 Å². The number of esters is 1. The van der Waals surface area contributed by atoms with Crippen LogP contribution in [0.25, 0.3) is 11.1 Å². The van der Waals surface area contributed by atoms with Crippen molar-refractivity contribution in [2.45, 2.75) is 18.9 Å². The van der Waals surface area contributed by atoms with Gasteiger partial charge >= 0.3 is 18.0 Å². The van der Waals surface area contributed by atoms with Crippen LogP contribution in [0.2, 0.25) is 0 Å². The van der Waals surface area contributed by atoms with E-state index in [4.69, 9.17) is 9.84 Å². The van der Waals surface area contributed by atoms with Crippen LogP contribution in [0.3, 0.4) is 0 Å². The molecule has 0 radical (unpaired) electrons. The van der Waals surface area contributed by atoms with Gasteiger partial charge in [-0.05, 0) is 22.3 Å². The lowest BCUT2D eigenvalue weighted by Gasteiger charge is -2.17. The lowest BCUT2D eigenvalue weighted by molar-refractivity contribution is -0.146. The summed E-state index contributed by atoms with van der Waals surface area (Å²) in [6.07, 6.45) is -0.878. The van der Waals surface area contributed by atoms with Gasteiger partial charge in [-0.3, -0.25) is 4.79 Å². The minimum Gasteiger partial charge on any atom is -0.480 e. The molecule has 0 fully saturated rings. The summed E-state index contributed by atoms with van der Waals surface area (Å²) in [4.78, 5) is 34.1. The summed E-state index contributed by atoms with van der Waals surface area (Å²) < 4.78 is 9.92. The number of carbonyl (C=O) groups is 3. The molecule has 0 bridgehead atoms. The number of carboxylic acids is 1. The maximum atomic E-state index is 12.0. The number of fused-ring (bicyclic) bond motifs is 3. The average molecular weight is 369 g/mol. The fourth-order valence-electron chi connectivity index (χ4n) is 3.16. The molecule has 1 aliphatic carbocycles. The highest BCUT2D eigenvalue weighted by Gasteiger charge is 2.29. The molecule has 0 saturated carbocycles. The van der Waals surface area contributed by atoms with Crippen molar-refractivity contribution in [1.29, 1.82) is 0 Å². The zero-order chi connectivity index (χ0) is 19.4. The molecule has 1 amide bonds. The summed E-state index contributed by atoms with van der Waals surface area (Å²) in [5, 5.41) is 11.3. The summed E-state index contributed by atoms with van der Waals surface area (Å²) >= 11 is 0. The van der Waals surface area contributed by atoms with Crippen molar-refractivity contribution in [2.24, 2.45) is 0 Å². The van der Waals surface area contributed by atoms with E-state index < -0.39 is 30.7 Å². The summed E-state index contributed by atoms with van der Waals surface area (Å²) in [6, 6.07) is 14.4. The van der Waals surface area contributed by atoms with Crippen molar-refractivity contribution in [3.05, 3.63) is 59.7 Å². The molecule has 140 valence electrons. The van der Waals surface area contributed by atoms with E-state index in [2.05, 4.69) is 10.1 Å². The molecule has 1 aliphatic rings. The minimum atomic E-state index is -1.37. The molecule has 1 atom stereocenters. The second-order valence-electron chi connectivity index (χ2n) is 6.16. The van der Waals surface area contributed by atoms with Crippen LogP contribution in [0.1, 0.15) is 24.0 Å². The maximum Gasteiger partial charge on any atom is 0.407 e. The molecule has 2 aromatic carbocycles. The molecule has 3 rings (SSSR count). The minimum absolute atomic E-state index is 0.0692. The lowest BCUT2D eigenvalue weighted by atomic mass is 9.98. The van der Waals surface area contributed by atoms with E-state index >= 15 is 0 Å². The van der Waals surface area contributed by atoms with Crippen molar-refractivity contribution in [3.63, 3.8) is 0 Å². The summed E-state index contributed by atoms with van der Waals surface area (Å²) in [5.41, 5.74) is 4.31. The van der Waals surface area contributed by atoms with E-state index in [-0.39, 0.29) is 12.5 Å². The van der Waals surface area contributed by atoms with Gasteiger partial charge in [-0.1, -0.05) is 48.5 Å². The number of hydrogen-bond donors (Lipinski definition) is 2. The predicted molar refractivity (Wildman–Crippen MR) is 96.3 cm³/mol. The monoisotopic (exact) mass is 369 g/mol. The first-order valence-corrected chi connectivity index (χ1v) is 8.45. The molecule has 0 aromatic heterocycles. The first kappa shape index (κ1) is 18.4. The highest BCUT2D eigenvalue weighted by Crippen LogP contribution is 2.44. The maximum absolute atomic E-state index is 12.0. The number of benzene rings is 2.